The van der Waals surface area contributed by atoms with Crippen LogP contribution in [-0.4, -0.2) is 4.98 Å². The van der Waals surface area contributed by atoms with Gasteiger partial charge in [0.05, 0.1) is 11.2 Å². The largest absolute Gasteiger partial charge is 0.489 e. The van der Waals surface area contributed by atoms with Gasteiger partial charge in [0.1, 0.15) is 24.7 Å². The summed E-state index contributed by atoms with van der Waals surface area (Å²) in [5.41, 5.74) is 4.15. The van der Waals surface area contributed by atoms with E-state index in [9.17, 15) is 0 Å². The molecule has 0 saturated carbocycles. The smallest absolute Gasteiger partial charge is 0.130 e. The van der Waals surface area contributed by atoms with Gasteiger partial charge in [-0.3, -0.25) is 0 Å². The number of aromatic nitrogens is 1. The summed E-state index contributed by atoms with van der Waals surface area (Å²) >= 11 is 0. The second-order valence-corrected chi connectivity index (χ2v) is 6.54. The van der Waals surface area contributed by atoms with Gasteiger partial charge in [0.2, 0.25) is 0 Å². The summed E-state index contributed by atoms with van der Waals surface area (Å²) in [6.45, 7) is 3.00. The molecule has 3 nitrogen and oxygen atoms in total. The van der Waals surface area contributed by atoms with Crippen LogP contribution in [0.2, 0.25) is 0 Å². The molecule has 3 aromatic carbocycles. The molecule has 0 unspecified atom stereocenters. The Morgan fingerprint density at radius 1 is 0.704 bits per heavy atom. The summed E-state index contributed by atoms with van der Waals surface area (Å²) in [5.74, 6) is 1.69. The second kappa shape index (κ2) is 7.92. The molecule has 4 rings (SSSR count). The molecule has 0 atom stereocenters. The number of aryl methyl sites for hydroxylation is 1. The van der Waals surface area contributed by atoms with Crippen LogP contribution in [0.1, 0.15) is 16.8 Å². The summed E-state index contributed by atoms with van der Waals surface area (Å²) in [4.78, 5) is 4.65. The molecule has 0 spiro atoms. The van der Waals surface area contributed by atoms with Gasteiger partial charge < -0.3 is 9.47 Å². The molecule has 134 valence electrons. The summed E-state index contributed by atoms with van der Waals surface area (Å²) in [6.07, 6.45) is 0. The van der Waals surface area contributed by atoms with Crippen molar-refractivity contribution < 1.29 is 9.47 Å². The molecular weight excluding hydrogens is 334 g/mol. The molecule has 27 heavy (non-hydrogen) atoms. The number of benzene rings is 3. The molecule has 0 aliphatic rings. The van der Waals surface area contributed by atoms with Crippen LogP contribution >= 0.6 is 0 Å². The lowest BCUT2D eigenvalue weighted by molar-refractivity contribution is 0.293. The van der Waals surface area contributed by atoms with Gasteiger partial charge in [0.25, 0.3) is 0 Å². The minimum atomic E-state index is 0.438. The molecule has 3 heteroatoms. The lowest BCUT2D eigenvalue weighted by atomic mass is 10.2. The van der Waals surface area contributed by atoms with Gasteiger partial charge in [-0.15, -0.1) is 0 Å². The molecule has 4 aromatic rings. The Bertz CT molecular complexity index is 1060. The molecule has 0 bridgehead atoms. The lowest BCUT2D eigenvalue weighted by Crippen LogP contribution is -2.00. The zero-order chi connectivity index (χ0) is 18.5. The Labute approximate surface area is 159 Å². The highest BCUT2D eigenvalue weighted by Crippen LogP contribution is 2.19. The molecule has 0 saturated heterocycles. The van der Waals surface area contributed by atoms with E-state index >= 15 is 0 Å². The quantitative estimate of drug-likeness (QED) is 0.444. The highest BCUT2D eigenvalue weighted by Gasteiger charge is 2.02. The van der Waals surface area contributed by atoms with Gasteiger partial charge in [0.15, 0.2) is 0 Å². The van der Waals surface area contributed by atoms with Crippen molar-refractivity contribution in [1.82, 2.24) is 4.98 Å². The summed E-state index contributed by atoms with van der Waals surface area (Å²) < 4.78 is 11.8. The van der Waals surface area contributed by atoms with Crippen molar-refractivity contribution >= 4 is 10.9 Å². The summed E-state index contributed by atoms with van der Waals surface area (Å²) in [7, 11) is 0. The van der Waals surface area contributed by atoms with E-state index < -0.39 is 0 Å². The highest BCUT2D eigenvalue weighted by atomic mass is 16.5. The van der Waals surface area contributed by atoms with Gasteiger partial charge in [-0.25, -0.2) is 4.98 Å². The molecule has 0 fully saturated rings. The Morgan fingerprint density at radius 3 is 2.37 bits per heavy atom. The third kappa shape index (κ3) is 4.45. The molecule has 0 aliphatic heterocycles. The fourth-order valence-electron chi connectivity index (χ4n) is 2.94. The predicted molar refractivity (Wildman–Crippen MR) is 108 cm³/mol. The van der Waals surface area contributed by atoms with Crippen molar-refractivity contribution in [2.45, 2.75) is 20.1 Å². The first-order chi connectivity index (χ1) is 13.3. The van der Waals surface area contributed by atoms with E-state index in [-0.39, 0.29) is 0 Å². The Morgan fingerprint density at radius 2 is 1.48 bits per heavy atom. The maximum absolute atomic E-state index is 5.93. The normalized spacial score (nSPS) is 10.7. The second-order valence-electron chi connectivity index (χ2n) is 6.54. The first kappa shape index (κ1) is 17.1. The summed E-state index contributed by atoms with van der Waals surface area (Å²) in [6, 6.07) is 28.2. The number of para-hydroxylation sites is 1. The van der Waals surface area contributed by atoms with Gasteiger partial charge >= 0.3 is 0 Å². The van der Waals surface area contributed by atoms with Crippen LogP contribution in [0.25, 0.3) is 10.9 Å². The van der Waals surface area contributed by atoms with E-state index in [0.717, 1.165) is 33.7 Å². The van der Waals surface area contributed by atoms with Gasteiger partial charge in [-0.2, -0.15) is 0 Å². The number of hydrogen-bond acceptors (Lipinski definition) is 3. The van der Waals surface area contributed by atoms with Crippen LogP contribution in [0.4, 0.5) is 0 Å². The molecule has 1 heterocycles. The number of ether oxygens (including phenoxy) is 2. The number of pyridine rings is 1. The summed E-state index contributed by atoms with van der Waals surface area (Å²) in [5, 5.41) is 1.14. The average molecular weight is 355 g/mol. The third-order valence-electron chi connectivity index (χ3n) is 4.34. The SMILES string of the molecule is Cc1cccc(OCc2cccc(OCc3ccc4ccccc4n3)c2)c1. The Hall–Kier alpha value is -3.33. The standard InChI is InChI=1S/C24H21NO2/c1-18-6-4-9-22(14-18)26-16-19-7-5-10-23(15-19)27-17-21-13-12-20-8-2-3-11-24(20)25-21/h2-15H,16-17H2,1H3. The van der Waals surface area contributed by atoms with Crippen LogP contribution in [0.5, 0.6) is 11.5 Å². The Balaban J connectivity index is 1.39. The monoisotopic (exact) mass is 355 g/mol. The minimum absolute atomic E-state index is 0.438. The van der Waals surface area contributed by atoms with Crippen LogP contribution in [0.3, 0.4) is 0 Å². The third-order valence-corrected chi connectivity index (χ3v) is 4.34. The first-order valence-corrected chi connectivity index (χ1v) is 9.02. The van der Waals surface area contributed by atoms with Crippen LogP contribution < -0.4 is 9.47 Å². The Kier molecular flexibility index (Phi) is 5.01. The van der Waals surface area contributed by atoms with Crippen molar-refractivity contribution in [3.05, 3.63) is 102 Å². The number of nitrogens with zero attached hydrogens (tertiary/aromatic N) is 1. The van der Waals surface area contributed by atoms with Crippen molar-refractivity contribution in [3.8, 4) is 11.5 Å². The van der Waals surface area contributed by atoms with Crippen molar-refractivity contribution in [2.75, 3.05) is 0 Å². The molecular formula is C24H21NO2. The highest BCUT2D eigenvalue weighted by molar-refractivity contribution is 5.78. The maximum Gasteiger partial charge on any atom is 0.130 e. The van der Waals surface area contributed by atoms with E-state index in [1.54, 1.807) is 0 Å². The van der Waals surface area contributed by atoms with Crippen molar-refractivity contribution in [3.63, 3.8) is 0 Å². The van der Waals surface area contributed by atoms with Crippen LogP contribution in [-0.2, 0) is 13.2 Å². The van der Waals surface area contributed by atoms with Crippen molar-refractivity contribution in [1.29, 1.82) is 0 Å². The van der Waals surface area contributed by atoms with E-state index in [4.69, 9.17) is 9.47 Å². The number of rotatable bonds is 6. The molecule has 0 aliphatic carbocycles. The van der Waals surface area contributed by atoms with Gasteiger partial charge in [-0.05, 0) is 54.4 Å². The predicted octanol–water partition coefficient (Wildman–Crippen LogP) is 5.70. The first-order valence-electron chi connectivity index (χ1n) is 9.02. The van der Waals surface area contributed by atoms with E-state index in [1.165, 1.54) is 5.56 Å². The van der Waals surface area contributed by atoms with Crippen molar-refractivity contribution in [2.24, 2.45) is 0 Å². The molecule has 0 amide bonds. The molecule has 1 aromatic heterocycles. The van der Waals surface area contributed by atoms with Crippen LogP contribution in [0.15, 0.2) is 84.9 Å². The van der Waals surface area contributed by atoms with E-state index in [0.29, 0.717) is 13.2 Å². The maximum atomic E-state index is 5.93. The fourth-order valence-corrected chi connectivity index (χ4v) is 2.94. The lowest BCUT2D eigenvalue weighted by Gasteiger charge is -2.10. The van der Waals surface area contributed by atoms with Gasteiger partial charge in [0, 0.05) is 5.39 Å². The van der Waals surface area contributed by atoms with Gasteiger partial charge in [-0.1, -0.05) is 48.5 Å². The fraction of sp³-hybridized carbons (Fsp3) is 0.125. The number of fused-ring (bicyclic) bond motifs is 1. The van der Waals surface area contributed by atoms with E-state index in [2.05, 4.69) is 30.1 Å². The zero-order valence-corrected chi connectivity index (χ0v) is 15.3. The number of hydrogen-bond donors (Lipinski definition) is 0. The zero-order valence-electron chi connectivity index (χ0n) is 15.3. The van der Waals surface area contributed by atoms with Crippen LogP contribution in [0, 0.1) is 6.92 Å². The minimum Gasteiger partial charge on any atom is -0.489 e. The average Bonchev–Trinajstić information content (AvgIpc) is 2.71. The van der Waals surface area contributed by atoms with E-state index in [1.807, 2.05) is 66.7 Å². The molecule has 0 radical (unpaired) electrons. The topological polar surface area (TPSA) is 31.4 Å². The molecule has 0 N–H and O–H groups in total.